The van der Waals surface area contributed by atoms with E-state index in [2.05, 4.69) is 0 Å². The molecule has 0 saturated carbocycles. The molecule has 1 heterocycles. The van der Waals surface area contributed by atoms with Crippen LogP contribution in [-0.2, 0) is 4.79 Å². The van der Waals surface area contributed by atoms with Crippen molar-refractivity contribution in [2.45, 2.75) is 0 Å². The Hall–Kier alpha value is -2.22. The van der Waals surface area contributed by atoms with Gasteiger partial charge in [-0.15, -0.1) is 0 Å². The van der Waals surface area contributed by atoms with Gasteiger partial charge in [-0.2, -0.15) is 0 Å². The molecule has 0 atom stereocenters. The highest BCUT2D eigenvalue weighted by molar-refractivity contribution is 8.27. The largest absolute Gasteiger partial charge is 0.270 e. The van der Waals surface area contributed by atoms with E-state index in [-0.39, 0.29) is 11.6 Å². The molecular formula is C16H9ClN2O3S2. The highest BCUT2D eigenvalue weighted by Crippen LogP contribution is 2.36. The molecule has 0 unspecified atom stereocenters. The standard InChI is InChI=1S/C16H9ClN2O3S2/c17-11-2-1-3-13(9-11)18-15(20)14(24-16(18)23)8-10-4-6-12(7-5-10)19(21)22/h1-9H/b14-8-. The maximum Gasteiger partial charge on any atom is 0.270 e. The van der Waals surface area contributed by atoms with E-state index in [1.54, 1.807) is 42.5 Å². The van der Waals surface area contributed by atoms with E-state index in [4.69, 9.17) is 23.8 Å². The van der Waals surface area contributed by atoms with Crippen LogP contribution in [0.1, 0.15) is 5.56 Å². The first kappa shape index (κ1) is 16.6. The van der Waals surface area contributed by atoms with Gasteiger partial charge in [0, 0.05) is 17.2 Å². The molecule has 2 aromatic rings. The Balaban J connectivity index is 1.89. The number of nitro groups is 1. The second kappa shape index (κ2) is 6.72. The van der Waals surface area contributed by atoms with Gasteiger partial charge in [-0.05, 0) is 42.0 Å². The van der Waals surface area contributed by atoms with Gasteiger partial charge in [-0.1, -0.05) is 41.6 Å². The minimum atomic E-state index is -0.470. The highest BCUT2D eigenvalue weighted by Gasteiger charge is 2.33. The van der Waals surface area contributed by atoms with E-state index in [1.165, 1.54) is 28.8 Å². The van der Waals surface area contributed by atoms with Gasteiger partial charge in [0.15, 0.2) is 4.32 Å². The number of benzene rings is 2. The fourth-order valence-electron chi connectivity index (χ4n) is 2.15. The van der Waals surface area contributed by atoms with Crippen LogP contribution in [-0.4, -0.2) is 15.2 Å². The molecule has 0 spiro atoms. The summed E-state index contributed by atoms with van der Waals surface area (Å²) in [6, 6.07) is 12.8. The molecule has 1 saturated heterocycles. The first-order valence-corrected chi connectivity index (χ1v) is 8.34. The zero-order valence-corrected chi connectivity index (χ0v) is 14.4. The molecule has 120 valence electrons. The number of nitrogens with zero attached hydrogens (tertiary/aromatic N) is 2. The number of thioether (sulfide) groups is 1. The lowest BCUT2D eigenvalue weighted by Crippen LogP contribution is -2.27. The lowest BCUT2D eigenvalue weighted by molar-refractivity contribution is -0.384. The fraction of sp³-hybridized carbons (Fsp3) is 0. The Bertz CT molecular complexity index is 881. The van der Waals surface area contributed by atoms with Crippen LogP contribution in [0.3, 0.4) is 0 Å². The molecule has 3 rings (SSSR count). The van der Waals surface area contributed by atoms with Crippen LogP contribution in [0, 0.1) is 10.1 Å². The van der Waals surface area contributed by atoms with E-state index in [0.29, 0.717) is 25.5 Å². The maximum absolute atomic E-state index is 12.6. The van der Waals surface area contributed by atoms with Gasteiger partial charge >= 0.3 is 0 Å². The zero-order chi connectivity index (χ0) is 17.3. The van der Waals surface area contributed by atoms with Crippen LogP contribution in [0.15, 0.2) is 53.4 Å². The molecule has 0 aromatic heterocycles. The molecule has 1 fully saturated rings. The van der Waals surface area contributed by atoms with E-state index < -0.39 is 4.92 Å². The van der Waals surface area contributed by atoms with Crippen LogP contribution in [0.4, 0.5) is 11.4 Å². The lowest BCUT2D eigenvalue weighted by atomic mass is 10.2. The summed E-state index contributed by atoms with van der Waals surface area (Å²) >= 11 is 12.4. The number of anilines is 1. The molecular weight excluding hydrogens is 368 g/mol. The van der Waals surface area contributed by atoms with Crippen molar-refractivity contribution in [1.82, 2.24) is 0 Å². The predicted octanol–water partition coefficient (Wildman–Crippen LogP) is 4.65. The fourth-order valence-corrected chi connectivity index (χ4v) is 3.63. The lowest BCUT2D eigenvalue weighted by Gasteiger charge is -2.14. The van der Waals surface area contributed by atoms with Crippen molar-refractivity contribution in [3.8, 4) is 0 Å². The summed E-state index contributed by atoms with van der Waals surface area (Å²) < 4.78 is 0.412. The zero-order valence-electron chi connectivity index (χ0n) is 12.0. The van der Waals surface area contributed by atoms with Crippen LogP contribution < -0.4 is 4.90 Å². The molecule has 0 bridgehead atoms. The SMILES string of the molecule is O=C1/C(=C/c2ccc([N+](=O)[O-])cc2)SC(=S)N1c1cccc(Cl)c1. The van der Waals surface area contributed by atoms with Crippen molar-refractivity contribution in [2.24, 2.45) is 0 Å². The normalized spacial score (nSPS) is 16.0. The van der Waals surface area contributed by atoms with Gasteiger partial charge in [0.2, 0.25) is 0 Å². The number of hydrogen-bond acceptors (Lipinski definition) is 5. The van der Waals surface area contributed by atoms with Crippen LogP contribution >= 0.6 is 35.6 Å². The van der Waals surface area contributed by atoms with Crippen LogP contribution in [0.25, 0.3) is 6.08 Å². The second-order valence-corrected chi connectivity index (χ2v) is 6.96. The van der Waals surface area contributed by atoms with Gasteiger partial charge in [-0.25, -0.2) is 0 Å². The third-order valence-electron chi connectivity index (χ3n) is 3.26. The summed E-state index contributed by atoms with van der Waals surface area (Å²) in [5, 5.41) is 11.2. The number of thiocarbonyl (C=S) groups is 1. The van der Waals surface area contributed by atoms with E-state index in [9.17, 15) is 14.9 Å². The summed E-state index contributed by atoms with van der Waals surface area (Å²) in [6.45, 7) is 0. The first-order valence-electron chi connectivity index (χ1n) is 6.74. The Morgan fingerprint density at radius 3 is 2.54 bits per heavy atom. The van der Waals surface area contributed by atoms with Crippen molar-refractivity contribution in [1.29, 1.82) is 0 Å². The molecule has 8 heteroatoms. The summed E-state index contributed by atoms with van der Waals surface area (Å²) in [6.07, 6.45) is 1.66. The first-order chi connectivity index (χ1) is 11.5. The average molecular weight is 377 g/mol. The number of non-ortho nitro benzene ring substituents is 1. The van der Waals surface area contributed by atoms with Gasteiger partial charge in [0.25, 0.3) is 11.6 Å². The summed E-state index contributed by atoms with van der Waals surface area (Å²) in [7, 11) is 0. The maximum atomic E-state index is 12.6. The van der Waals surface area contributed by atoms with Crippen molar-refractivity contribution < 1.29 is 9.72 Å². The predicted molar refractivity (Wildman–Crippen MR) is 100 cm³/mol. The summed E-state index contributed by atoms with van der Waals surface area (Å²) in [5.74, 6) is -0.245. The van der Waals surface area contributed by atoms with Crippen molar-refractivity contribution >= 4 is 63.3 Å². The van der Waals surface area contributed by atoms with Gasteiger partial charge < -0.3 is 0 Å². The Morgan fingerprint density at radius 1 is 1.21 bits per heavy atom. The molecule has 0 radical (unpaired) electrons. The monoisotopic (exact) mass is 376 g/mol. The number of rotatable bonds is 3. The van der Waals surface area contributed by atoms with E-state index >= 15 is 0 Å². The molecule has 5 nitrogen and oxygen atoms in total. The number of amides is 1. The quantitative estimate of drug-likeness (QED) is 0.337. The van der Waals surface area contributed by atoms with E-state index in [0.717, 1.165) is 0 Å². The van der Waals surface area contributed by atoms with Crippen molar-refractivity contribution in [3.63, 3.8) is 0 Å². The molecule has 1 amide bonds. The Kier molecular flexibility index (Phi) is 4.66. The Labute approximate surface area is 152 Å². The average Bonchev–Trinajstić information content (AvgIpc) is 2.82. The summed E-state index contributed by atoms with van der Waals surface area (Å²) in [5.41, 5.74) is 1.29. The molecule has 0 N–H and O–H groups in total. The van der Waals surface area contributed by atoms with Crippen LogP contribution in [0.2, 0.25) is 5.02 Å². The number of carbonyl (C=O) groups excluding carboxylic acids is 1. The molecule has 2 aromatic carbocycles. The number of nitro benzene ring substituents is 1. The smallest absolute Gasteiger partial charge is 0.268 e. The Morgan fingerprint density at radius 2 is 1.92 bits per heavy atom. The molecule has 1 aliphatic heterocycles. The molecule has 0 aliphatic carbocycles. The highest BCUT2D eigenvalue weighted by atomic mass is 35.5. The van der Waals surface area contributed by atoms with Crippen LogP contribution in [0.5, 0.6) is 0 Å². The van der Waals surface area contributed by atoms with Gasteiger partial charge in [0.05, 0.1) is 15.5 Å². The third-order valence-corrected chi connectivity index (χ3v) is 4.80. The number of halogens is 1. The second-order valence-electron chi connectivity index (χ2n) is 4.85. The summed E-state index contributed by atoms with van der Waals surface area (Å²) in [4.78, 5) is 24.7. The van der Waals surface area contributed by atoms with Crippen molar-refractivity contribution in [2.75, 3.05) is 4.90 Å². The molecule has 24 heavy (non-hydrogen) atoms. The minimum Gasteiger partial charge on any atom is -0.268 e. The van der Waals surface area contributed by atoms with Gasteiger partial charge in [-0.3, -0.25) is 19.8 Å². The van der Waals surface area contributed by atoms with Crippen molar-refractivity contribution in [3.05, 3.63) is 74.1 Å². The number of hydrogen-bond donors (Lipinski definition) is 0. The third kappa shape index (κ3) is 3.33. The van der Waals surface area contributed by atoms with E-state index in [1.807, 2.05) is 0 Å². The van der Waals surface area contributed by atoms with Gasteiger partial charge in [0.1, 0.15) is 0 Å². The number of carbonyl (C=O) groups is 1. The minimum absolute atomic E-state index is 0.00127. The molecule has 1 aliphatic rings. The topological polar surface area (TPSA) is 63.4 Å².